The molecule has 0 aliphatic rings. The van der Waals surface area contributed by atoms with Gasteiger partial charge in [-0.1, -0.05) is 13.3 Å². The van der Waals surface area contributed by atoms with E-state index in [1.807, 2.05) is 6.92 Å². The molecule has 110 valence electrons. The van der Waals surface area contributed by atoms with E-state index in [1.54, 1.807) is 0 Å². The van der Waals surface area contributed by atoms with Gasteiger partial charge in [-0.3, -0.25) is 5.41 Å². The number of guanidine groups is 1. The zero-order chi connectivity index (χ0) is 14.7. The Kier molecular flexibility index (Phi) is 8.94. The van der Waals surface area contributed by atoms with Gasteiger partial charge in [0.1, 0.15) is 6.04 Å². The summed E-state index contributed by atoms with van der Waals surface area (Å²) in [7, 11) is 0. The Bertz CT molecular complexity index is 309. The number of carbonyl (C=O) groups is 2. The second-order valence-corrected chi connectivity index (χ2v) is 4.01. The molecule has 0 saturated carbocycles. The number of aliphatic carboxylic acids is 1. The van der Waals surface area contributed by atoms with Crippen LogP contribution < -0.4 is 16.4 Å². The van der Waals surface area contributed by atoms with Gasteiger partial charge in [0.25, 0.3) is 0 Å². The van der Waals surface area contributed by atoms with Crippen molar-refractivity contribution >= 4 is 18.0 Å². The summed E-state index contributed by atoms with van der Waals surface area (Å²) in [6.45, 7) is 2.62. The van der Waals surface area contributed by atoms with Gasteiger partial charge in [0.05, 0.1) is 6.61 Å². The molecule has 1 atom stereocenters. The van der Waals surface area contributed by atoms with Gasteiger partial charge in [-0.05, 0) is 19.3 Å². The number of ether oxygens (including phenoxy) is 1. The molecule has 6 N–H and O–H groups in total. The Balaban J connectivity index is 3.94. The molecule has 0 aromatic heterocycles. The SMILES string of the molecule is CCCCOC(=O)N[C@@H](CCCNC(=N)N)C(=O)O. The van der Waals surface area contributed by atoms with Gasteiger partial charge in [0.2, 0.25) is 0 Å². The van der Waals surface area contributed by atoms with Crippen LogP contribution in [0.25, 0.3) is 0 Å². The Labute approximate surface area is 112 Å². The first-order valence-electron chi connectivity index (χ1n) is 6.21. The number of hydrogen-bond acceptors (Lipinski definition) is 4. The van der Waals surface area contributed by atoms with E-state index in [0.717, 1.165) is 12.8 Å². The van der Waals surface area contributed by atoms with Crippen molar-refractivity contribution in [3.05, 3.63) is 0 Å². The molecule has 0 saturated heterocycles. The van der Waals surface area contributed by atoms with E-state index < -0.39 is 18.1 Å². The molecule has 0 aromatic rings. The van der Waals surface area contributed by atoms with Gasteiger partial charge in [-0.15, -0.1) is 0 Å². The van der Waals surface area contributed by atoms with Gasteiger partial charge >= 0.3 is 12.1 Å². The summed E-state index contributed by atoms with van der Waals surface area (Å²) in [5.74, 6) is -1.28. The van der Waals surface area contributed by atoms with Crippen LogP contribution in [0.5, 0.6) is 0 Å². The van der Waals surface area contributed by atoms with Crippen LogP contribution in [0.15, 0.2) is 0 Å². The molecule has 1 amide bonds. The van der Waals surface area contributed by atoms with E-state index in [2.05, 4.69) is 10.6 Å². The standard InChI is InChI=1S/C11H22N4O4/c1-2-3-7-19-11(18)15-8(9(16)17)5-4-6-14-10(12)13/h8H,2-7H2,1H3,(H,15,18)(H,16,17)(H4,12,13,14)/t8-/m0/s1. The average Bonchev–Trinajstić information content (AvgIpc) is 2.32. The summed E-state index contributed by atoms with van der Waals surface area (Å²) >= 11 is 0. The van der Waals surface area contributed by atoms with E-state index in [0.29, 0.717) is 13.0 Å². The number of nitrogens with one attached hydrogen (secondary N) is 3. The predicted molar refractivity (Wildman–Crippen MR) is 70.0 cm³/mol. The maximum Gasteiger partial charge on any atom is 0.407 e. The van der Waals surface area contributed by atoms with Crippen LogP contribution in [-0.2, 0) is 9.53 Å². The quantitative estimate of drug-likeness (QED) is 0.232. The van der Waals surface area contributed by atoms with Crippen LogP contribution in [0.2, 0.25) is 0 Å². The van der Waals surface area contributed by atoms with Gasteiger partial charge in [0, 0.05) is 6.54 Å². The Morgan fingerprint density at radius 1 is 1.42 bits per heavy atom. The third-order valence-electron chi connectivity index (χ3n) is 2.31. The molecule has 0 radical (unpaired) electrons. The van der Waals surface area contributed by atoms with E-state index in [4.69, 9.17) is 21.0 Å². The van der Waals surface area contributed by atoms with Crippen molar-refractivity contribution in [3.8, 4) is 0 Å². The Morgan fingerprint density at radius 3 is 2.63 bits per heavy atom. The van der Waals surface area contributed by atoms with E-state index in [-0.39, 0.29) is 19.0 Å². The van der Waals surface area contributed by atoms with Gasteiger partial charge in [-0.25, -0.2) is 9.59 Å². The molecular weight excluding hydrogens is 252 g/mol. The summed E-state index contributed by atoms with van der Waals surface area (Å²) in [6, 6.07) is -0.997. The Hall–Kier alpha value is -1.99. The van der Waals surface area contributed by atoms with Gasteiger partial charge in [0.15, 0.2) is 5.96 Å². The molecule has 8 nitrogen and oxygen atoms in total. The minimum absolute atomic E-state index is 0.168. The second kappa shape index (κ2) is 9.98. The summed E-state index contributed by atoms with van der Waals surface area (Å²) in [6.07, 6.45) is 1.62. The van der Waals surface area contributed by atoms with Crippen molar-refractivity contribution in [2.45, 2.75) is 38.6 Å². The molecule has 0 spiro atoms. The lowest BCUT2D eigenvalue weighted by Gasteiger charge is -2.14. The number of amides is 1. The van der Waals surface area contributed by atoms with Crippen molar-refractivity contribution < 1.29 is 19.4 Å². The minimum Gasteiger partial charge on any atom is -0.480 e. The molecule has 0 unspecified atom stereocenters. The highest BCUT2D eigenvalue weighted by Crippen LogP contribution is 1.98. The average molecular weight is 274 g/mol. The highest BCUT2D eigenvalue weighted by molar-refractivity contribution is 5.79. The maximum atomic E-state index is 11.3. The fraction of sp³-hybridized carbons (Fsp3) is 0.727. The fourth-order valence-electron chi connectivity index (χ4n) is 1.28. The number of carbonyl (C=O) groups excluding carboxylic acids is 1. The molecule has 0 bridgehead atoms. The summed E-state index contributed by atoms with van der Waals surface area (Å²) in [5, 5.41) is 20.7. The monoisotopic (exact) mass is 274 g/mol. The molecule has 0 fully saturated rings. The third-order valence-corrected chi connectivity index (χ3v) is 2.31. The lowest BCUT2D eigenvalue weighted by atomic mass is 10.1. The highest BCUT2D eigenvalue weighted by Gasteiger charge is 2.19. The largest absolute Gasteiger partial charge is 0.480 e. The van der Waals surface area contributed by atoms with Crippen LogP contribution in [0, 0.1) is 5.41 Å². The van der Waals surface area contributed by atoms with E-state index >= 15 is 0 Å². The van der Waals surface area contributed by atoms with E-state index in [9.17, 15) is 9.59 Å². The second-order valence-electron chi connectivity index (χ2n) is 4.01. The van der Waals surface area contributed by atoms with Crippen LogP contribution in [0.1, 0.15) is 32.6 Å². The predicted octanol–water partition coefficient (Wildman–Crippen LogP) is 0.229. The zero-order valence-electron chi connectivity index (χ0n) is 11.1. The minimum atomic E-state index is -1.12. The smallest absolute Gasteiger partial charge is 0.407 e. The van der Waals surface area contributed by atoms with Crippen LogP contribution >= 0.6 is 0 Å². The summed E-state index contributed by atoms with van der Waals surface area (Å²) < 4.78 is 4.82. The number of hydrogen-bond donors (Lipinski definition) is 5. The number of nitrogens with two attached hydrogens (primary N) is 1. The van der Waals surface area contributed by atoms with Crippen LogP contribution in [0.3, 0.4) is 0 Å². The highest BCUT2D eigenvalue weighted by atomic mass is 16.5. The third kappa shape index (κ3) is 9.69. The first-order valence-corrected chi connectivity index (χ1v) is 6.21. The zero-order valence-corrected chi connectivity index (χ0v) is 11.1. The number of alkyl carbamates (subject to hydrolysis) is 1. The van der Waals surface area contributed by atoms with Gasteiger partial charge in [-0.2, -0.15) is 0 Å². The first-order chi connectivity index (χ1) is 8.97. The molecule has 19 heavy (non-hydrogen) atoms. The van der Waals surface area contributed by atoms with E-state index in [1.165, 1.54) is 0 Å². The number of carboxylic acids is 1. The molecule has 0 aromatic carbocycles. The number of unbranched alkanes of at least 4 members (excludes halogenated alkanes) is 1. The summed E-state index contributed by atoms with van der Waals surface area (Å²) in [5.41, 5.74) is 5.08. The first kappa shape index (κ1) is 17.0. The lowest BCUT2D eigenvalue weighted by Crippen LogP contribution is -2.42. The van der Waals surface area contributed by atoms with Crippen molar-refractivity contribution in [1.82, 2.24) is 10.6 Å². The summed E-state index contributed by atoms with van der Waals surface area (Å²) in [4.78, 5) is 22.2. The van der Waals surface area contributed by atoms with Crippen LogP contribution in [0.4, 0.5) is 4.79 Å². The van der Waals surface area contributed by atoms with Crippen molar-refractivity contribution in [3.63, 3.8) is 0 Å². The van der Waals surface area contributed by atoms with Crippen molar-refractivity contribution in [2.24, 2.45) is 5.73 Å². The molecular formula is C11H22N4O4. The topological polar surface area (TPSA) is 138 Å². The maximum absolute atomic E-state index is 11.3. The fourth-order valence-corrected chi connectivity index (χ4v) is 1.28. The molecule has 0 aliphatic heterocycles. The van der Waals surface area contributed by atoms with Gasteiger partial charge < -0.3 is 26.2 Å². The van der Waals surface area contributed by atoms with Crippen molar-refractivity contribution in [2.75, 3.05) is 13.2 Å². The van der Waals surface area contributed by atoms with Crippen molar-refractivity contribution in [1.29, 1.82) is 5.41 Å². The molecule has 0 heterocycles. The number of carboxylic acid groups (broad SMARTS) is 1. The molecule has 8 heteroatoms. The Morgan fingerprint density at radius 2 is 2.11 bits per heavy atom. The molecule has 0 rings (SSSR count). The normalized spacial score (nSPS) is 11.4. The molecule has 0 aliphatic carbocycles. The number of rotatable bonds is 9. The van der Waals surface area contributed by atoms with Crippen LogP contribution in [-0.4, -0.2) is 42.3 Å². The lowest BCUT2D eigenvalue weighted by molar-refractivity contribution is -0.139.